The van der Waals surface area contributed by atoms with E-state index in [0.29, 0.717) is 31.0 Å². The van der Waals surface area contributed by atoms with Crippen LogP contribution in [0.5, 0.6) is 11.5 Å². The van der Waals surface area contributed by atoms with E-state index >= 15 is 0 Å². The standard InChI is InChI=1S/C19H25N3O3/c1-24-17-8-7-14(11-18(17)25-2)12-19(23)20-9-10-22-16-6-4-3-5-15(16)13-21-22/h7-8,11,13H,3-6,9-10,12H2,1-2H3,(H,20,23). The van der Waals surface area contributed by atoms with Crippen LogP contribution in [0.3, 0.4) is 0 Å². The number of amides is 1. The number of aromatic nitrogens is 2. The average molecular weight is 343 g/mol. The molecule has 1 N–H and O–H groups in total. The van der Waals surface area contributed by atoms with E-state index in [1.54, 1.807) is 14.2 Å². The van der Waals surface area contributed by atoms with Crippen molar-refractivity contribution in [2.45, 2.75) is 38.6 Å². The summed E-state index contributed by atoms with van der Waals surface area (Å²) in [6.07, 6.45) is 6.98. The molecule has 0 atom stereocenters. The molecule has 0 saturated heterocycles. The molecule has 0 spiro atoms. The van der Waals surface area contributed by atoms with Gasteiger partial charge in [-0.15, -0.1) is 0 Å². The highest BCUT2D eigenvalue weighted by molar-refractivity contribution is 5.78. The van der Waals surface area contributed by atoms with Crippen molar-refractivity contribution in [2.24, 2.45) is 0 Å². The molecule has 6 nitrogen and oxygen atoms in total. The van der Waals surface area contributed by atoms with Crippen LogP contribution in [0.15, 0.2) is 24.4 Å². The molecule has 1 aliphatic rings. The zero-order valence-electron chi connectivity index (χ0n) is 14.9. The number of aryl methyl sites for hydroxylation is 1. The van der Waals surface area contributed by atoms with Crippen LogP contribution in [0.2, 0.25) is 0 Å². The molecule has 0 bridgehead atoms. The van der Waals surface area contributed by atoms with Gasteiger partial charge in [0.1, 0.15) is 0 Å². The number of carbonyl (C=O) groups is 1. The minimum atomic E-state index is -0.00626. The third-order valence-electron chi connectivity index (χ3n) is 4.60. The first kappa shape index (κ1) is 17.3. The molecule has 3 rings (SSSR count). The molecule has 1 amide bonds. The van der Waals surface area contributed by atoms with Crippen LogP contribution in [0.4, 0.5) is 0 Å². The number of methoxy groups -OCH3 is 2. The molecule has 1 aliphatic carbocycles. The van der Waals surface area contributed by atoms with Gasteiger partial charge in [0.15, 0.2) is 11.5 Å². The van der Waals surface area contributed by atoms with E-state index in [9.17, 15) is 4.79 Å². The maximum absolute atomic E-state index is 12.2. The molecule has 0 fully saturated rings. The third-order valence-corrected chi connectivity index (χ3v) is 4.60. The fraction of sp³-hybridized carbons (Fsp3) is 0.474. The van der Waals surface area contributed by atoms with Gasteiger partial charge in [-0.3, -0.25) is 9.48 Å². The van der Waals surface area contributed by atoms with Gasteiger partial charge in [0.05, 0.1) is 33.4 Å². The van der Waals surface area contributed by atoms with Gasteiger partial charge < -0.3 is 14.8 Å². The Balaban J connectivity index is 1.51. The van der Waals surface area contributed by atoms with Crippen LogP contribution in [0.1, 0.15) is 29.7 Å². The second kappa shape index (κ2) is 8.05. The number of fused-ring (bicyclic) bond motifs is 1. The second-order valence-corrected chi connectivity index (χ2v) is 6.26. The number of hydrogen-bond acceptors (Lipinski definition) is 4. The van der Waals surface area contributed by atoms with Crippen LogP contribution in [0, 0.1) is 0 Å². The maximum Gasteiger partial charge on any atom is 0.224 e. The minimum Gasteiger partial charge on any atom is -0.493 e. The van der Waals surface area contributed by atoms with E-state index in [1.165, 1.54) is 24.1 Å². The van der Waals surface area contributed by atoms with Gasteiger partial charge in [0.2, 0.25) is 5.91 Å². The molecule has 0 aliphatic heterocycles. The fourth-order valence-electron chi connectivity index (χ4n) is 3.29. The van der Waals surface area contributed by atoms with E-state index < -0.39 is 0 Å². The molecule has 2 aromatic rings. The van der Waals surface area contributed by atoms with Crippen molar-refractivity contribution in [2.75, 3.05) is 20.8 Å². The highest BCUT2D eigenvalue weighted by atomic mass is 16.5. The fourth-order valence-corrected chi connectivity index (χ4v) is 3.29. The lowest BCUT2D eigenvalue weighted by Crippen LogP contribution is -2.29. The van der Waals surface area contributed by atoms with Crippen molar-refractivity contribution in [3.05, 3.63) is 41.2 Å². The highest BCUT2D eigenvalue weighted by Crippen LogP contribution is 2.27. The Morgan fingerprint density at radius 2 is 2.00 bits per heavy atom. The van der Waals surface area contributed by atoms with Gasteiger partial charge in [0.25, 0.3) is 0 Å². The zero-order valence-corrected chi connectivity index (χ0v) is 14.9. The lowest BCUT2D eigenvalue weighted by Gasteiger charge is -2.14. The van der Waals surface area contributed by atoms with Gasteiger partial charge in [0, 0.05) is 12.2 Å². The van der Waals surface area contributed by atoms with Crippen LogP contribution in [0.25, 0.3) is 0 Å². The van der Waals surface area contributed by atoms with Gasteiger partial charge in [-0.25, -0.2) is 0 Å². The summed E-state index contributed by atoms with van der Waals surface area (Å²) < 4.78 is 12.5. The molecule has 1 aromatic carbocycles. The van der Waals surface area contributed by atoms with Crippen molar-refractivity contribution in [3.8, 4) is 11.5 Å². The number of nitrogens with zero attached hydrogens (tertiary/aromatic N) is 2. The lowest BCUT2D eigenvalue weighted by atomic mass is 9.98. The van der Waals surface area contributed by atoms with Gasteiger partial charge in [-0.2, -0.15) is 5.10 Å². The van der Waals surface area contributed by atoms with Crippen molar-refractivity contribution in [1.29, 1.82) is 0 Å². The van der Waals surface area contributed by atoms with E-state index in [-0.39, 0.29) is 5.91 Å². The molecule has 25 heavy (non-hydrogen) atoms. The number of rotatable bonds is 7. The summed E-state index contributed by atoms with van der Waals surface area (Å²) >= 11 is 0. The van der Waals surface area contributed by atoms with Crippen LogP contribution in [-0.2, 0) is 30.6 Å². The number of carbonyl (C=O) groups excluding carboxylic acids is 1. The summed E-state index contributed by atoms with van der Waals surface area (Å²) in [6.45, 7) is 1.30. The molecular formula is C19H25N3O3. The zero-order chi connectivity index (χ0) is 17.6. The average Bonchev–Trinajstić information content (AvgIpc) is 3.05. The summed E-state index contributed by atoms with van der Waals surface area (Å²) in [5, 5.41) is 7.43. The first-order chi connectivity index (χ1) is 12.2. The molecule has 0 unspecified atom stereocenters. The first-order valence-electron chi connectivity index (χ1n) is 8.72. The smallest absolute Gasteiger partial charge is 0.224 e. The summed E-state index contributed by atoms with van der Waals surface area (Å²) in [5.74, 6) is 1.29. The predicted molar refractivity (Wildman–Crippen MR) is 95.1 cm³/mol. The molecule has 134 valence electrons. The van der Waals surface area contributed by atoms with E-state index in [1.807, 2.05) is 29.1 Å². The summed E-state index contributed by atoms with van der Waals surface area (Å²) in [6, 6.07) is 5.53. The second-order valence-electron chi connectivity index (χ2n) is 6.26. The molecule has 0 radical (unpaired) electrons. The molecule has 1 heterocycles. The van der Waals surface area contributed by atoms with Gasteiger partial charge in [-0.05, 0) is 48.9 Å². The van der Waals surface area contributed by atoms with Crippen LogP contribution in [-0.4, -0.2) is 36.5 Å². The Kier molecular flexibility index (Phi) is 5.58. The van der Waals surface area contributed by atoms with E-state index in [0.717, 1.165) is 18.4 Å². The normalized spacial score (nSPS) is 13.2. The SMILES string of the molecule is COc1ccc(CC(=O)NCCn2ncc3c2CCCC3)cc1OC. The van der Waals surface area contributed by atoms with Gasteiger partial charge in [-0.1, -0.05) is 6.07 Å². The number of hydrogen-bond donors (Lipinski definition) is 1. The van der Waals surface area contributed by atoms with E-state index in [4.69, 9.17) is 9.47 Å². The number of ether oxygens (including phenoxy) is 2. The summed E-state index contributed by atoms with van der Waals surface area (Å²) in [7, 11) is 3.19. The predicted octanol–water partition coefficient (Wildman–Crippen LogP) is 2.14. The molecular weight excluding hydrogens is 318 g/mol. The monoisotopic (exact) mass is 343 g/mol. The Hall–Kier alpha value is -2.50. The third kappa shape index (κ3) is 4.13. The molecule has 1 aromatic heterocycles. The molecule has 6 heteroatoms. The maximum atomic E-state index is 12.2. The first-order valence-corrected chi connectivity index (χ1v) is 8.72. The topological polar surface area (TPSA) is 65.4 Å². The van der Waals surface area contributed by atoms with Crippen molar-refractivity contribution in [3.63, 3.8) is 0 Å². The highest BCUT2D eigenvalue weighted by Gasteiger charge is 2.15. The van der Waals surface area contributed by atoms with Crippen LogP contribution < -0.4 is 14.8 Å². The van der Waals surface area contributed by atoms with Crippen LogP contribution >= 0.6 is 0 Å². The minimum absolute atomic E-state index is 0.00626. The van der Waals surface area contributed by atoms with Crippen molar-refractivity contribution in [1.82, 2.24) is 15.1 Å². The molecule has 0 saturated carbocycles. The number of nitrogens with one attached hydrogen (secondary N) is 1. The van der Waals surface area contributed by atoms with Crippen molar-refractivity contribution < 1.29 is 14.3 Å². The Labute approximate surface area is 148 Å². The van der Waals surface area contributed by atoms with E-state index in [2.05, 4.69) is 10.4 Å². The Bertz CT molecular complexity index is 740. The lowest BCUT2D eigenvalue weighted by molar-refractivity contribution is -0.120. The largest absolute Gasteiger partial charge is 0.493 e. The van der Waals surface area contributed by atoms with Crippen molar-refractivity contribution >= 4 is 5.91 Å². The summed E-state index contributed by atoms with van der Waals surface area (Å²) in [5.41, 5.74) is 3.59. The van der Waals surface area contributed by atoms with Gasteiger partial charge >= 0.3 is 0 Å². The quantitative estimate of drug-likeness (QED) is 0.836. The Morgan fingerprint density at radius 1 is 1.20 bits per heavy atom. The number of benzene rings is 1. The Morgan fingerprint density at radius 3 is 2.80 bits per heavy atom. The summed E-state index contributed by atoms with van der Waals surface area (Å²) in [4.78, 5) is 12.2.